The van der Waals surface area contributed by atoms with Crippen molar-refractivity contribution in [1.82, 2.24) is 15.1 Å². The average molecular weight is 310 g/mol. The average Bonchev–Trinajstić information content (AvgIpc) is 2.82. The van der Waals surface area contributed by atoms with Crippen LogP contribution in [0.1, 0.15) is 19.4 Å². The first kappa shape index (κ1) is 15.9. The Morgan fingerprint density at radius 1 is 1.63 bits per heavy atom. The molecule has 7 nitrogen and oxygen atoms in total. The van der Waals surface area contributed by atoms with Gasteiger partial charge in [0.1, 0.15) is 10.9 Å². The Morgan fingerprint density at radius 3 is 2.84 bits per heavy atom. The van der Waals surface area contributed by atoms with Gasteiger partial charge < -0.3 is 10.1 Å². The van der Waals surface area contributed by atoms with Crippen LogP contribution in [0.25, 0.3) is 0 Å². The van der Waals surface area contributed by atoms with Crippen LogP contribution in [0.5, 0.6) is 0 Å². The Bertz CT molecular complexity index is 529. The smallest absolute Gasteiger partial charge is 0.264 e. The van der Waals surface area contributed by atoms with Gasteiger partial charge in [0.15, 0.2) is 0 Å². The van der Waals surface area contributed by atoms with Crippen molar-refractivity contribution in [1.29, 1.82) is 0 Å². The van der Waals surface area contributed by atoms with Crippen LogP contribution < -0.4 is 5.32 Å². The van der Waals surface area contributed by atoms with Crippen molar-refractivity contribution in [2.24, 2.45) is 0 Å². The molecular formula is C10H16ClN3O4S. The highest BCUT2D eigenvalue weighted by atomic mass is 35.7. The second-order valence-corrected chi connectivity index (χ2v) is 6.47. The molecule has 9 heteroatoms. The lowest BCUT2D eigenvalue weighted by Gasteiger charge is -2.12. The predicted octanol–water partition coefficient (Wildman–Crippen LogP) is 0.524. The minimum atomic E-state index is -3.82. The molecule has 1 N–H and O–H groups in total. The van der Waals surface area contributed by atoms with E-state index in [-0.39, 0.29) is 10.8 Å². The van der Waals surface area contributed by atoms with Crippen molar-refractivity contribution < 1.29 is 17.9 Å². The number of amides is 1. The van der Waals surface area contributed by atoms with Crippen molar-refractivity contribution in [2.45, 2.75) is 24.3 Å². The minimum Gasteiger partial charge on any atom is -0.385 e. The topological polar surface area (TPSA) is 90.3 Å². The third-order valence-corrected chi connectivity index (χ3v) is 3.77. The van der Waals surface area contributed by atoms with E-state index in [1.54, 1.807) is 14.0 Å². The van der Waals surface area contributed by atoms with E-state index in [2.05, 4.69) is 10.4 Å². The fraction of sp³-hybridized carbons (Fsp3) is 0.600. The normalized spacial score (nSPS) is 13.2. The van der Waals surface area contributed by atoms with Crippen molar-refractivity contribution in [2.75, 3.05) is 20.3 Å². The maximum atomic E-state index is 11.8. The maximum absolute atomic E-state index is 11.8. The van der Waals surface area contributed by atoms with Crippen LogP contribution in [-0.4, -0.2) is 44.4 Å². The molecule has 0 aliphatic rings. The summed E-state index contributed by atoms with van der Waals surface area (Å²) in [4.78, 5) is 11.6. The van der Waals surface area contributed by atoms with Gasteiger partial charge >= 0.3 is 0 Å². The van der Waals surface area contributed by atoms with Gasteiger partial charge in [0.25, 0.3) is 9.05 Å². The Hall–Kier alpha value is -1.12. The predicted molar refractivity (Wildman–Crippen MR) is 69.5 cm³/mol. The molecular weight excluding hydrogens is 294 g/mol. The molecule has 0 radical (unpaired) electrons. The fourth-order valence-electron chi connectivity index (χ4n) is 1.35. The summed E-state index contributed by atoms with van der Waals surface area (Å²) in [5.41, 5.74) is 0. The van der Waals surface area contributed by atoms with E-state index < -0.39 is 15.1 Å². The number of ether oxygens (including phenoxy) is 1. The van der Waals surface area contributed by atoms with Gasteiger partial charge in [-0.2, -0.15) is 5.10 Å². The van der Waals surface area contributed by atoms with Gasteiger partial charge in [-0.15, -0.1) is 0 Å². The number of rotatable bonds is 7. The first-order valence-electron chi connectivity index (χ1n) is 5.61. The highest BCUT2D eigenvalue weighted by Crippen LogP contribution is 2.15. The fourth-order valence-corrected chi connectivity index (χ4v) is 2.00. The highest BCUT2D eigenvalue weighted by Gasteiger charge is 2.19. The monoisotopic (exact) mass is 309 g/mol. The number of nitrogens with zero attached hydrogens (tertiary/aromatic N) is 2. The SMILES string of the molecule is COCCCNC(=O)C(C)n1cc(S(=O)(=O)Cl)cn1. The molecule has 0 saturated carbocycles. The lowest BCUT2D eigenvalue weighted by Crippen LogP contribution is -2.32. The van der Waals surface area contributed by atoms with E-state index in [1.165, 1.54) is 10.9 Å². The zero-order valence-corrected chi connectivity index (χ0v) is 12.2. The maximum Gasteiger partial charge on any atom is 0.264 e. The van der Waals surface area contributed by atoms with Gasteiger partial charge in [-0.1, -0.05) is 0 Å². The third kappa shape index (κ3) is 4.81. The summed E-state index contributed by atoms with van der Waals surface area (Å²) in [5.74, 6) is -0.252. The van der Waals surface area contributed by atoms with E-state index in [0.717, 1.165) is 6.20 Å². The summed E-state index contributed by atoms with van der Waals surface area (Å²) in [6.45, 7) is 2.66. The first-order valence-corrected chi connectivity index (χ1v) is 7.92. The Balaban J connectivity index is 2.60. The summed E-state index contributed by atoms with van der Waals surface area (Å²) in [7, 11) is 2.94. The molecule has 0 aliphatic carbocycles. The molecule has 0 spiro atoms. The molecule has 1 atom stereocenters. The van der Waals surface area contributed by atoms with Crippen molar-refractivity contribution in [3.05, 3.63) is 12.4 Å². The second kappa shape index (κ2) is 6.88. The Labute approximate surface area is 116 Å². The number of hydrogen-bond acceptors (Lipinski definition) is 5. The van der Waals surface area contributed by atoms with Gasteiger partial charge in [-0.25, -0.2) is 8.42 Å². The molecule has 1 amide bonds. The van der Waals surface area contributed by atoms with Crippen LogP contribution in [0.4, 0.5) is 0 Å². The van der Waals surface area contributed by atoms with E-state index in [0.29, 0.717) is 19.6 Å². The molecule has 0 saturated heterocycles. The van der Waals surface area contributed by atoms with Crippen molar-refractivity contribution in [3.8, 4) is 0 Å². The zero-order chi connectivity index (χ0) is 14.5. The van der Waals surface area contributed by atoms with Crippen LogP contribution in [0.2, 0.25) is 0 Å². The number of aromatic nitrogens is 2. The van der Waals surface area contributed by atoms with Crippen LogP contribution in [0.3, 0.4) is 0 Å². The van der Waals surface area contributed by atoms with Gasteiger partial charge in [0.2, 0.25) is 5.91 Å². The van der Waals surface area contributed by atoms with Crippen LogP contribution in [0, 0.1) is 0 Å². The molecule has 1 rings (SSSR count). The molecule has 0 aromatic carbocycles. The molecule has 0 aliphatic heterocycles. The van der Waals surface area contributed by atoms with Crippen molar-refractivity contribution in [3.63, 3.8) is 0 Å². The van der Waals surface area contributed by atoms with Crippen LogP contribution in [0.15, 0.2) is 17.3 Å². The summed E-state index contributed by atoms with van der Waals surface area (Å²) >= 11 is 0. The number of carbonyl (C=O) groups excluding carboxylic acids is 1. The lowest BCUT2D eigenvalue weighted by molar-refractivity contribution is -0.124. The minimum absolute atomic E-state index is 0.131. The van der Waals surface area contributed by atoms with E-state index in [9.17, 15) is 13.2 Å². The number of hydrogen-bond donors (Lipinski definition) is 1. The molecule has 1 heterocycles. The zero-order valence-electron chi connectivity index (χ0n) is 10.7. The molecule has 0 bridgehead atoms. The third-order valence-electron chi connectivity index (χ3n) is 2.46. The summed E-state index contributed by atoms with van der Waals surface area (Å²) in [6, 6.07) is -0.616. The molecule has 108 valence electrons. The number of nitrogens with one attached hydrogen (secondary N) is 1. The molecule has 19 heavy (non-hydrogen) atoms. The Morgan fingerprint density at radius 2 is 2.32 bits per heavy atom. The number of carbonyl (C=O) groups is 1. The first-order chi connectivity index (χ1) is 8.86. The quantitative estimate of drug-likeness (QED) is 0.586. The van der Waals surface area contributed by atoms with Gasteiger partial charge in [0.05, 0.1) is 6.20 Å². The lowest BCUT2D eigenvalue weighted by atomic mass is 10.3. The summed E-state index contributed by atoms with van der Waals surface area (Å²) in [6.07, 6.45) is 3.04. The van der Waals surface area contributed by atoms with Crippen LogP contribution >= 0.6 is 10.7 Å². The van der Waals surface area contributed by atoms with E-state index >= 15 is 0 Å². The van der Waals surface area contributed by atoms with Crippen LogP contribution in [-0.2, 0) is 18.6 Å². The molecule has 0 fully saturated rings. The highest BCUT2D eigenvalue weighted by molar-refractivity contribution is 8.13. The molecule has 1 aromatic rings. The van der Waals surface area contributed by atoms with Gasteiger partial charge in [-0.3, -0.25) is 9.48 Å². The van der Waals surface area contributed by atoms with Gasteiger partial charge in [-0.05, 0) is 13.3 Å². The largest absolute Gasteiger partial charge is 0.385 e. The molecule has 1 unspecified atom stereocenters. The summed E-state index contributed by atoms with van der Waals surface area (Å²) < 4.78 is 28.3. The van der Waals surface area contributed by atoms with Gasteiger partial charge in [0, 0.05) is 37.1 Å². The standard InChI is InChI=1S/C10H16ClN3O4S/c1-8(10(15)12-4-3-5-18-2)14-7-9(6-13-14)19(11,16)17/h6-8H,3-5H2,1-2H3,(H,12,15). The van der Waals surface area contributed by atoms with E-state index in [1.807, 2.05) is 0 Å². The number of methoxy groups -OCH3 is 1. The number of halogens is 1. The second-order valence-electron chi connectivity index (χ2n) is 3.91. The van der Waals surface area contributed by atoms with E-state index in [4.69, 9.17) is 15.4 Å². The Kier molecular flexibility index (Phi) is 5.77. The summed E-state index contributed by atoms with van der Waals surface area (Å²) in [5, 5.41) is 6.52. The molecule has 1 aromatic heterocycles. The van der Waals surface area contributed by atoms with Crippen molar-refractivity contribution >= 4 is 25.6 Å².